The van der Waals surface area contributed by atoms with Crippen molar-refractivity contribution in [3.63, 3.8) is 0 Å². The summed E-state index contributed by atoms with van der Waals surface area (Å²) >= 11 is 5.16. The van der Waals surface area contributed by atoms with Crippen LogP contribution in [0.15, 0.2) is 16.7 Å². The largest absolute Gasteiger partial charge is 0.476 e. The van der Waals surface area contributed by atoms with E-state index in [0.717, 1.165) is 3.57 Å². The molecule has 3 nitrogen and oxygen atoms in total. The van der Waals surface area contributed by atoms with Gasteiger partial charge in [0.15, 0.2) is 5.69 Å². The van der Waals surface area contributed by atoms with Crippen molar-refractivity contribution in [2.24, 2.45) is 0 Å². The Hall–Kier alpha value is -0.170. The average Bonchev–Trinajstić information content (AvgIpc) is 1.85. The van der Waals surface area contributed by atoms with Gasteiger partial charge in [-0.25, -0.2) is 9.78 Å². The highest BCUT2D eigenvalue weighted by molar-refractivity contribution is 14.1. The zero-order valence-corrected chi connectivity index (χ0v) is 8.96. The molecule has 11 heavy (non-hydrogen) atoms. The van der Waals surface area contributed by atoms with E-state index in [-0.39, 0.29) is 5.69 Å². The molecule has 0 radical (unpaired) electrons. The van der Waals surface area contributed by atoms with E-state index in [4.69, 9.17) is 5.11 Å². The predicted octanol–water partition coefficient (Wildman–Crippen LogP) is 2.15. The summed E-state index contributed by atoms with van der Waals surface area (Å²) < 4.78 is 1.41. The van der Waals surface area contributed by atoms with Gasteiger partial charge in [0.1, 0.15) is 0 Å². The normalized spacial score (nSPS) is 9.64. The Balaban J connectivity index is 3.20. The number of pyridine rings is 1. The average molecular weight is 328 g/mol. The summed E-state index contributed by atoms with van der Waals surface area (Å²) in [4.78, 5) is 14.2. The molecule has 0 saturated heterocycles. The number of hydrogen-bond donors (Lipinski definition) is 1. The summed E-state index contributed by atoms with van der Waals surface area (Å²) in [6.07, 6.45) is 1.51. The van der Waals surface area contributed by atoms with Gasteiger partial charge in [-0.3, -0.25) is 0 Å². The fourth-order valence-corrected chi connectivity index (χ4v) is 1.97. The smallest absolute Gasteiger partial charge is 0.355 e. The molecule has 0 spiro atoms. The zero-order valence-electron chi connectivity index (χ0n) is 5.21. The molecule has 0 aliphatic carbocycles. The van der Waals surface area contributed by atoms with Crippen molar-refractivity contribution in [3.8, 4) is 0 Å². The van der Waals surface area contributed by atoms with Crippen LogP contribution < -0.4 is 0 Å². The summed E-state index contributed by atoms with van der Waals surface area (Å²) in [6, 6.07) is 1.71. The molecular weight excluding hydrogens is 325 g/mol. The Morgan fingerprint density at radius 2 is 2.36 bits per heavy atom. The molecule has 0 fully saturated rings. The minimum Gasteiger partial charge on any atom is -0.476 e. The lowest BCUT2D eigenvalue weighted by Gasteiger charge is -1.96. The second kappa shape index (κ2) is 3.48. The van der Waals surface area contributed by atoms with Gasteiger partial charge in [0.05, 0.1) is 4.47 Å². The van der Waals surface area contributed by atoms with E-state index in [0.29, 0.717) is 4.47 Å². The summed E-state index contributed by atoms with van der Waals surface area (Å²) in [5.41, 5.74) is 0.0467. The molecule has 0 atom stereocenters. The van der Waals surface area contributed by atoms with Crippen LogP contribution in [0.4, 0.5) is 0 Å². The second-order valence-electron chi connectivity index (χ2n) is 1.79. The van der Waals surface area contributed by atoms with Crippen LogP contribution in [0.2, 0.25) is 0 Å². The highest BCUT2D eigenvalue weighted by atomic mass is 127. The molecule has 0 aromatic carbocycles. The van der Waals surface area contributed by atoms with Gasteiger partial charge in [-0.1, -0.05) is 0 Å². The summed E-state index contributed by atoms with van der Waals surface area (Å²) in [6.45, 7) is 0. The summed E-state index contributed by atoms with van der Waals surface area (Å²) in [7, 11) is 0. The number of rotatable bonds is 1. The highest BCUT2D eigenvalue weighted by Crippen LogP contribution is 2.16. The standard InChI is InChI=1S/C6H3BrINO2/c7-4-1-3(8)2-9-5(4)6(10)11/h1-2H,(H,10,11). The van der Waals surface area contributed by atoms with E-state index >= 15 is 0 Å². The van der Waals surface area contributed by atoms with Crippen LogP contribution in [0, 0.1) is 3.57 Å². The topological polar surface area (TPSA) is 50.2 Å². The number of carboxylic acids is 1. The fourth-order valence-electron chi connectivity index (χ4n) is 0.572. The van der Waals surface area contributed by atoms with Crippen molar-refractivity contribution in [3.05, 3.63) is 26.0 Å². The Bertz CT molecular complexity index is 303. The Labute approximate surface area is 85.1 Å². The minimum absolute atomic E-state index is 0.0467. The third-order valence-corrected chi connectivity index (χ3v) is 2.20. The molecule has 1 N–H and O–H groups in total. The lowest BCUT2D eigenvalue weighted by atomic mass is 10.4. The van der Waals surface area contributed by atoms with E-state index in [1.54, 1.807) is 6.07 Å². The molecule has 5 heteroatoms. The van der Waals surface area contributed by atoms with Gasteiger partial charge in [0.2, 0.25) is 0 Å². The molecular formula is C6H3BrINO2. The van der Waals surface area contributed by atoms with Crippen LogP contribution in [-0.2, 0) is 0 Å². The van der Waals surface area contributed by atoms with Crippen molar-refractivity contribution in [2.75, 3.05) is 0 Å². The van der Waals surface area contributed by atoms with E-state index in [1.807, 2.05) is 0 Å². The maximum atomic E-state index is 10.4. The lowest BCUT2D eigenvalue weighted by Crippen LogP contribution is -2.01. The first-order chi connectivity index (χ1) is 5.11. The maximum absolute atomic E-state index is 10.4. The molecule has 0 aliphatic heterocycles. The number of carboxylic acid groups (broad SMARTS) is 1. The molecule has 0 aliphatic rings. The number of halogens is 2. The Morgan fingerprint density at radius 1 is 1.73 bits per heavy atom. The van der Waals surface area contributed by atoms with Crippen molar-refractivity contribution in [1.82, 2.24) is 4.98 Å². The third-order valence-electron chi connectivity index (χ3n) is 1.01. The van der Waals surface area contributed by atoms with E-state index < -0.39 is 5.97 Å². The van der Waals surface area contributed by atoms with Gasteiger partial charge in [0.25, 0.3) is 0 Å². The third kappa shape index (κ3) is 2.13. The predicted molar refractivity (Wildman–Crippen MR) is 51.6 cm³/mol. The van der Waals surface area contributed by atoms with Crippen LogP contribution >= 0.6 is 38.5 Å². The van der Waals surface area contributed by atoms with Crippen molar-refractivity contribution < 1.29 is 9.90 Å². The van der Waals surface area contributed by atoms with Gasteiger partial charge in [-0.05, 0) is 44.6 Å². The fraction of sp³-hybridized carbons (Fsp3) is 0. The van der Waals surface area contributed by atoms with Crippen LogP contribution in [0.1, 0.15) is 10.5 Å². The maximum Gasteiger partial charge on any atom is 0.355 e. The highest BCUT2D eigenvalue weighted by Gasteiger charge is 2.08. The first-order valence-corrected chi connectivity index (χ1v) is 4.53. The molecule has 1 rings (SSSR count). The summed E-state index contributed by atoms with van der Waals surface area (Å²) in [5.74, 6) is -1.02. The van der Waals surface area contributed by atoms with Crippen molar-refractivity contribution in [2.45, 2.75) is 0 Å². The van der Waals surface area contributed by atoms with Gasteiger partial charge in [-0.2, -0.15) is 0 Å². The van der Waals surface area contributed by atoms with Crippen LogP contribution in [-0.4, -0.2) is 16.1 Å². The van der Waals surface area contributed by atoms with E-state index in [9.17, 15) is 4.79 Å². The van der Waals surface area contributed by atoms with Gasteiger partial charge < -0.3 is 5.11 Å². The number of nitrogens with zero attached hydrogens (tertiary/aromatic N) is 1. The minimum atomic E-state index is -1.02. The zero-order chi connectivity index (χ0) is 8.43. The first kappa shape index (κ1) is 8.92. The molecule has 0 amide bonds. The number of hydrogen-bond acceptors (Lipinski definition) is 2. The Morgan fingerprint density at radius 3 is 2.82 bits per heavy atom. The van der Waals surface area contributed by atoms with E-state index in [2.05, 4.69) is 43.5 Å². The molecule has 0 bridgehead atoms. The van der Waals surface area contributed by atoms with Gasteiger partial charge in [0, 0.05) is 9.77 Å². The second-order valence-corrected chi connectivity index (χ2v) is 3.89. The molecule has 0 unspecified atom stereocenters. The van der Waals surface area contributed by atoms with Gasteiger partial charge in [-0.15, -0.1) is 0 Å². The molecule has 0 saturated carbocycles. The van der Waals surface area contributed by atoms with Crippen molar-refractivity contribution >= 4 is 44.5 Å². The molecule has 1 aromatic rings. The molecule has 1 heterocycles. The lowest BCUT2D eigenvalue weighted by molar-refractivity contribution is 0.0689. The number of aromatic carboxylic acids is 1. The quantitative estimate of drug-likeness (QED) is 0.804. The molecule has 1 aromatic heterocycles. The monoisotopic (exact) mass is 327 g/mol. The van der Waals surface area contributed by atoms with Gasteiger partial charge >= 0.3 is 5.97 Å². The SMILES string of the molecule is O=C(O)c1ncc(I)cc1Br. The first-order valence-electron chi connectivity index (χ1n) is 2.65. The van der Waals surface area contributed by atoms with Crippen LogP contribution in [0.25, 0.3) is 0 Å². The van der Waals surface area contributed by atoms with Crippen LogP contribution in [0.3, 0.4) is 0 Å². The number of carbonyl (C=O) groups is 1. The van der Waals surface area contributed by atoms with E-state index in [1.165, 1.54) is 6.20 Å². The molecule has 58 valence electrons. The number of aromatic nitrogens is 1. The Kier molecular flexibility index (Phi) is 2.83. The summed E-state index contributed by atoms with van der Waals surface area (Å²) in [5, 5.41) is 8.56. The van der Waals surface area contributed by atoms with Crippen LogP contribution in [0.5, 0.6) is 0 Å². The van der Waals surface area contributed by atoms with Crippen molar-refractivity contribution in [1.29, 1.82) is 0 Å².